The minimum absolute atomic E-state index is 0.120. The Hall–Kier alpha value is -1.71. The Kier molecular flexibility index (Phi) is 4.07. The van der Waals surface area contributed by atoms with Gasteiger partial charge in [0.25, 0.3) is 0 Å². The van der Waals surface area contributed by atoms with Crippen LogP contribution in [-0.2, 0) is 6.42 Å². The van der Waals surface area contributed by atoms with Gasteiger partial charge >= 0.3 is 0 Å². The summed E-state index contributed by atoms with van der Waals surface area (Å²) in [7, 11) is 0. The highest BCUT2D eigenvalue weighted by Gasteiger charge is 2.12. The summed E-state index contributed by atoms with van der Waals surface area (Å²) >= 11 is 0. The second kappa shape index (κ2) is 5.76. The zero-order valence-corrected chi connectivity index (χ0v) is 10.9. The van der Waals surface area contributed by atoms with Crippen molar-refractivity contribution in [3.63, 3.8) is 0 Å². The van der Waals surface area contributed by atoms with Gasteiger partial charge < -0.3 is 0 Å². The van der Waals surface area contributed by atoms with E-state index in [1.807, 2.05) is 18.5 Å². The molecular formula is C15H19N3. The number of aromatic nitrogens is 1. The molecule has 0 amide bonds. The van der Waals surface area contributed by atoms with E-state index >= 15 is 0 Å². The van der Waals surface area contributed by atoms with E-state index in [0.717, 1.165) is 12.0 Å². The average molecular weight is 241 g/mol. The highest BCUT2D eigenvalue weighted by atomic mass is 15.2. The van der Waals surface area contributed by atoms with Gasteiger partial charge in [-0.15, -0.1) is 0 Å². The Morgan fingerprint density at radius 1 is 1.28 bits per heavy atom. The van der Waals surface area contributed by atoms with Crippen molar-refractivity contribution >= 4 is 0 Å². The molecule has 0 aliphatic rings. The molecule has 0 aliphatic carbocycles. The molecule has 1 aromatic carbocycles. The number of aryl methyl sites for hydroxylation is 2. The third kappa shape index (κ3) is 2.94. The van der Waals surface area contributed by atoms with Crippen molar-refractivity contribution in [1.82, 2.24) is 10.4 Å². The van der Waals surface area contributed by atoms with E-state index in [9.17, 15) is 0 Å². The Balaban J connectivity index is 2.23. The maximum atomic E-state index is 5.69. The van der Waals surface area contributed by atoms with Gasteiger partial charge in [-0.1, -0.05) is 29.8 Å². The smallest absolute Gasteiger partial charge is 0.0504 e. The van der Waals surface area contributed by atoms with Crippen molar-refractivity contribution in [2.24, 2.45) is 5.84 Å². The lowest BCUT2D eigenvalue weighted by Crippen LogP contribution is -2.30. The summed E-state index contributed by atoms with van der Waals surface area (Å²) in [6.07, 6.45) is 4.56. The first-order chi connectivity index (χ1) is 8.70. The fourth-order valence-corrected chi connectivity index (χ4v) is 2.21. The van der Waals surface area contributed by atoms with Crippen molar-refractivity contribution < 1.29 is 0 Å². The highest BCUT2D eigenvalue weighted by molar-refractivity contribution is 5.29. The van der Waals surface area contributed by atoms with E-state index in [4.69, 9.17) is 5.84 Å². The number of hydrazine groups is 1. The lowest BCUT2D eigenvalue weighted by Gasteiger charge is -2.18. The maximum Gasteiger partial charge on any atom is 0.0504 e. The summed E-state index contributed by atoms with van der Waals surface area (Å²) in [4.78, 5) is 4.11. The minimum atomic E-state index is 0.120. The standard InChI is InChI=1S/C15H19N3/c1-11-4-3-5-13(8-11)9-15(18-16)14-6-7-17-10-12(14)2/h3-8,10,15,18H,9,16H2,1-2H3. The van der Waals surface area contributed by atoms with Gasteiger partial charge in [-0.25, -0.2) is 0 Å². The number of pyridine rings is 1. The second-order valence-electron chi connectivity index (χ2n) is 4.64. The van der Waals surface area contributed by atoms with Crippen molar-refractivity contribution in [2.75, 3.05) is 0 Å². The van der Waals surface area contributed by atoms with Crippen molar-refractivity contribution in [2.45, 2.75) is 26.3 Å². The van der Waals surface area contributed by atoms with Crippen LogP contribution >= 0.6 is 0 Å². The molecule has 1 atom stereocenters. The molecule has 1 aromatic heterocycles. The van der Waals surface area contributed by atoms with Crippen LogP contribution in [0.3, 0.4) is 0 Å². The van der Waals surface area contributed by atoms with E-state index in [0.29, 0.717) is 0 Å². The number of rotatable bonds is 4. The summed E-state index contributed by atoms with van der Waals surface area (Å²) in [5, 5.41) is 0. The lowest BCUT2D eigenvalue weighted by atomic mass is 9.96. The summed E-state index contributed by atoms with van der Waals surface area (Å²) in [5.74, 6) is 5.69. The molecule has 3 heteroatoms. The van der Waals surface area contributed by atoms with Gasteiger partial charge in [0.2, 0.25) is 0 Å². The Morgan fingerprint density at radius 2 is 2.11 bits per heavy atom. The Morgan fingerprint density at radius 3 is 2.78 bits per heavy atom. The van der Waals surface area contributed by atoms with Crippen LogP contribution in [0.4, 0.5) is 0 Å². The summed E-state index contributed by atoms with van der Waals surface area (Å²) in [6, 6.07) is 10.7. The Labute approximate surface area is 108 Å². The van der Waals surface area contributed by atoms with Crippen molar-refractivity contribution in [1.29, 1.82) is 0 Å². The zero-order valence-electron chi connectivity index (χ0n) is 10.9. The number of nitrogens with two attached hydrogens (primary N) is 1. The predicted molar refractivity (Wildman–Crippen MR) is 73.9 cm³/mol. The molecule has 2 aromatic rings. The molecule has 18 heavy (non-hydrogen) atoms. The molecule has 3 N–H and O–H groups in total. The molecule has 94 valence electrons. The lowest BCUT2D eigenvalue weighted by molar-refractivity contribution is 0.548. The number of hydrogen-bond acceptors (Lipinski definition) is 3. The largest absolute Gasteiger partial charge is 0.271 e. The number of nitrogens with zero attached hydrogens (tertiary/aromatic N) is 1. The van der Waals surface area contributed by atoms with Gasteiger partial charge in [-0.3, -0.25) is 16.3 Å². The minimum Gasteiger partial charge on any atom is -0.271 e. The molecule has 1 heterocycles. The molecule has 1 unspecified atom stereocenters. The molecule has 0 aliphatic heterocycles. The van der Waals surface area contributed by atoms with Crippen LogP contribution in [0.15, 0.2) is 42.7 Å². The summed E-state index contributed by atoms with van der Waals surface area (Å²) in [6.45, 7) is 4.16. The number of hydrogen-bond donors (Lipinski definition) is 2. The molecule has 0 saturated carbocycles. The molecule has 0 spiro atoms. The number of nitrogens with one attached hydrogen (secondary N) is 1. The fraction of sp³-hybridized carbons (Fsp3) is 0.267. The quantitative estimate of drug-likeness (QED) is 0.638. The maximum absolute atomic E-state index is 5.69. The van der Waals surface area contributed by atoms with E-state index < -0.39 is 0 Å². The second-order valence-corrected chi connectivity index (χ2v) is 4.64. The van der Waals surface area contributed by atoms with Crippen LogP contribution in [0.5, 0.6) is 0 Å². The van der Waals surface area contributed by atoms with Crippen molar-refractivity contribution in [3.05, 3.63) is 65.0 Å². The van der Waals surface area contributed by atoms with Gasteiger partial charge in [0.15, 0.2) is 0 Å². The topological polar surface area (TPSA) is 50.9 Å². The zero-order chi connectivity index (χ0) is 13.0. The van der Waals surface area contributed by atoms with Gasteiger partial charge in [-0.05, 0) is 43.0 Å². The molecule has 0 saturated heterocycles. The van der Waals surface area contributed by atoms with Crippen molar-refractivity contribution in [3.8, 4) is 0 Å². The molecule has 0 bridgehead atoms. The van der Waals surface area contributed by atoms with Crippen LogP contribution in [0, 0.1) is 13.8 Å². The van der Waals surface area contributed by atoms with E-state index in [-0.39, 0.29) is 6.04 Å². The Bertz CT molecular complexity index is 523. The molecule has 3 nitrogen and oxygen atoms in total. The normalized spacial score (nSPS) is 12.4. The predicted octanol–water partition coefficient (Wildman–Crippen LogP) is 2.45. The first kappa shape index (κ1) is 12.7. The monoisotopic (exact) mass is 241 g/mol. The van der Waals surface area contributed by atoms with E-state index in [2.05, 4.69) is 48.5 Å². The van der Waals surface area contributed by atoms with Crippen LogP contribution in [0.2, 0.25) is 0 Å². The average Bonchev–Trinajstić information content (AvgIpc) is 2.37. The van der Waals surface area contributed by atoms with Crippen LogP contribution in [-0.4, -0.2) is 4.98 Å². The van der Waals surface area contributed by atoms with Gasteiger partial charge in [-0.2, -0.15) is 0 Å². The van der Waals surface area contributed by atoms with Crippen LogP contribution in [0.1, 0.15) is 28.3 Å². The van der Waals surface area contributed by atoms with E-state index in [1.54, 1.807) is 0 Å². The molecule has 2 rings (SSSR count). The number of benzene rings is 1. The van der Waals surface area contributed by atoms with Gasteiger partial charge in [0, 0.05) is 12.4 Å². The summed E-state index contributed by atoms with van der Waals surface area (Å²) < 4.78 is 0. The highest BCUT2D eigenvalue weighted by Crippen LogP contribution is 2.20. The summed E-state index contributed by atoms with van der Waals surface area (Å²) in [5.41, 5.74) is 7.82. The molecular weight excluding hydrogens is 222 g/mol. The molecule has 0 radical (unpaired) electrons. The van der Waals surface area contributed by atoms with Gasteiger partial charge in [0.1, 0.15) is 0 Å². The van der Waals surface area contributed by atoms with Crippen LogP contribution in [0.25, 0.3) is 0 Å². The van der Waals surface area contributed by atoms with Gasteiger partial charge in [0.05, 0.1) is 6.04 Å². The SMILES string of the molecule is Cc1cccc(CC(NN)c2ccncc2C)c1. The first-order valence-electron chi connectivity index (χ1n) is 6.13. The van der Waals surface area contributed by atoms with Crippen LogP contribution < -0.4 is 11.3 Å². The third-order valence-electron chi connectivity index (χ3n) is 3.16. The first-order valence-corrected chi connectivity index (χ1v) is 6.13. The molecule has 0 fully saturated rings. The fourth-order valence-electron chi connectivity index (χ4n) is 2.21. The van der Waals surface area contributed by atoms with E-state index in [1.165, 1.54) is 16.7 Å². The third-order valence-corrected chi connectivity index (χ3v) is 3.16.